The van der Waals surface area contributed by atoms with Crippen LogP contribution in [-0.2, 0) is 9.53 Å². The number of halogens is 1. The topological polar surface area (TPSA) is 137 Å². The number of carbonyl (C=O) groups excluding carboxylic acids is 1. The van der Waals surface area contributed by atoms with Crippen molar-refractivity contribution in [1.29, 1.82) is 0 Å². The van der Waals surface area contributed by atoms with Gasteiger partial charge in [0.15, 0.2) is 6.17 Å². The highest BCUT2D eigenvalue weighted by Gasteiger charge is 2.37. The number of nitrogens with one attached hydrogen (secondary N) is 3. The standard InChI is InChI=1S/C21H33FN8O3/c22-14-11-25-20(26-12-14)18(19(23)28-32)21(31)27-16-13-24-4-1-17(16)30-7-5-29(6-8-30)15-2-9-33-10-3-15/h1,4,13-15,18-20,25-26H,2-3,5-12,23H2,(H,27,31). The summed E-state index contributed by atoms with van der Waals surface area (Å²) in [5.74, 6) is -1.48. The van der Waals surface area contributed by atoms with Crippen LogP contribution in [0.15, 0.2) is 23.6 Å². The molecule has 3 fully saturated rings. The lowest BCUT2D eigenvalue weighted by Gasteiger charge is -2.41. The number of piperazine rings is 1. The van der Waals surface area contributed by atoms with Gasteiger partial charge in [-0.2, -0.15) is 0 Å². The van der Waals surface area contributed by atoms with Gasteiger partial charge < -0.3 is 20.7 Å². The van der Waals surface area contributed by atoms with Crippen molar-refractivity contribution in [3.05, 3.63) is 23.4 Å². The number of aromatic nitrogens is 1. The predicted octanol–water partition coefficient (Wildman–Crippen LogP) is -0.154. The Bertz CT molecular complexity index is 795. The van der Waals surface area contributed by atoms with Crippen molar-refractivity contribution >= 4 is 17.3 Å². The van der Waals surface area contributed by atoms with Crippen LogP contribution in [0.3, 0.4) is 0 Å². The lowest BCUT2D eigenvalue weighted by molar-refractivity contribution is -0.122. The Hall–Kier alpha value is -2.25. The van der Waals surface area contributed by atoms with Crippen LogP contribution < -0.4 is 26.6 Å². The number of hydrogen-bond donors (Lipinski definition) is 4. The van der Waals surface area contributed by atoms with Crippen molar-refractivity contribution in [2.75, 3.05) is 62.7 Å². The summed E-state index contributed by atoms with van der Waals surface area (Å²) in [7, 11) is 0. The number of rotatable bonds is 7. The highest BCUT2D eigenvalue weighted by atomic mass is 19.1. The Kier molecular flexibility index (Phi) is 8.15. The first-order chi connectivity index (χ1) is 16.1. The van der Waals surface area contributed by atoms with Crippen molar-refractivity contribution in [3.63, 3.8) is 0 Å². The number of pyridine rings is 1. The fourth-order valence-electron chi connectivity index (χ4n) is 4.83. The van der Waals surface area contributed by atoms with Crippen LogP contribution >= 0.6 is 0 Å². The molecule has 4 heterocycles. The Morgan fingerprint density at radius 2 is 1.94 bits per heavy atom. The van der Waals surface area contributed by atoms with Crippen LogP contribution in [0, 0.1) is 10.8 Å². The third-order valence-corrected chi connectivity index (χ3v) is 6.69. The smallest absolute Gasteiger partial charge is 0.234 e. The predicted molar refractivity (Wildman–Crippen MR) is 122 cm³/mol. The van der Waals surface area contributed by atoms with Gasteiger partial charge in [0.2, 0.25) is 5.91 Å². The maximum Gasteiger partial charge on any atom is 0.234 e. The number of amides is 1. The van der Waals surface area contributed by atoms with E-state index in [0.717, 1.165) is 57.9 Å². The molecule has 1 amide bonds. The highest BCUT2D eigenvalue weighted by molar-refractivity contribution is 5.96. The minimum atomic E-state index is -1.28. The Labute approximate surface area is 192 Å². The van der Waals surface area contributed by atoms with Gasteiger partial charge in [-0.3, -0.25) is 25.3 Å². The lowest BCUT2D eigenvalue weighted by Crippen LogP contribution is -2.62. The van der Waals surface area contributed by atoms with Gasteiger partial charge >= 0.3 is 0 Å². The molecule has 4 rings (SSSR count). The summed E-state index contributed by atoms with van der Waals surface area (Å²) in [5, 5.41) is 11.5. The van der Waals surface area contributed by atoms with E-state index in [4.69, 9.17) is 10.5 Å². The third-order valence-electron chi connectivity index (χ3n) is 6.69. The number of alkyl halides is 1. The monoisotopic (exact) mass is 464 g/mol. The number of hydrogen-bond acceptors (Lipinski definition) is 10. The van der Waals surface area contributed by atoms with Crippen LogP contribution in [0.25, 0.3) is 0 Å². The summed E-state index contributed by atoms with van der Waals surface area (Å²) in [6.07, 6.45) is 2.40. The second-order valence-corrected chi connectivity index (χ2v) is 8.76. The average Bonchev–Trinajstić information content (AvgIpc) is 2.86. The van der Waals surface area contributed by atoms with E-state index in [0.29, 0.717) is 11.7 Å². The number of nitroso groups, excluding NO2 is 1. The molecule has 3 saturated heterocycles. The van der Waals surface area contributed by atoms with Crippen LogP contribution in [-0.4, -0.2) is 92.8 Å². The SMILES string of the molecule is NC(N=O)C(C(=O)Nc1cnccc1N1CCN(C2CCOCC2)CC1)C1NCC(F)CN1. The summed E-state index contributed by atoms with van der Waals surface area (Å²) >= 11 is 0. The van der Waals surface area contributed by atoms with Crippen LogP contribution in [0.5, 0.6) is 0 Å². The molecule has 12 heteroatoms. The molecule has 0 bridgehead atoms. The van der Waals surface area contributed by atoms with Crippen LogP contribution in [0.2, 0.25) is 0 Å². The summed E-state index contributed by atoms with van der Waals surface area (Å²) in [6, 6.07) is 2.44. The van der Waals surface area contributed by atoms with Crippen molar-refractivity contribution in [2.45, 2.75) is 37.4 Å². The molecule has 5 N–H and O–H groups in total. The van der Waals surface area contributed by atoms with E-state index in [1.165, 1.54) is 0 Å². The molecular formula is C21H33FN8O3. The molecule has 0 spiro atoms. The van der Waals surface area contributed by atoms with Gasteiger partial charge in [-0.1, -0.05) is 5.18 Å². The molecule has 182 valence electrons. The van der Waals surface area contributed by atoms with Gasteiger partial charge in [0.05, 0.1) is 23.7 Å². The average molecular weight is 465 g/mol. The Morgan fingerprint density at radius 3 is 2.61 bits per heavy atom. The molecule has 2 atom stereocenters. The minimum Gasteiger partial charge on any atom is -0.381 e. The summed E-state index contributed by atoms with van der Waals surface area (Å²) in [4.78, 5) is 33.2. The number of carbonyl (C=O) groups is 1. The van der Waals surface area contributed by atoms with Gasteiger partial charge in [0.1, 0.15) is 12.1 Å². The van der Waals surface area contributed by atoms with Crippen LogP contribution in [0.1, 0.15) is 12.8 Å². The molecule has 33 heavy (non-hydrogen) atoms. The minimum absolute atomic E-state index is 0.0720. The van der Waals surface area contributed by atoms with E-state index in [1.54, 1.807) is 12.4 Å². The quantitative estimate of drug-likeness (QED) is 0.406. The first-order valence-corrected chi connectivity index (χ1v) is 11.6. The Balaban J connectivity index is 1.42. The maximum atomic E-state index is 13.5. The number of nitrogens with two attached hydrogens (primary N) is 1. The number of nitrogens with zero attached hydrogens (tertiary/aromatic N) is 4. The largest absolute Gasteiger partial charge is 0.381 e. The molecule has 3 aliphatic rings. The molecule has 3 aliphatic heterocycles. The molecule has 2 unspecified atom stereocenters. The van der Waals surface area contributed by atoms with Crippen molar-refractivity contribution < 1.29 is 13.9 Å². The highest BCUT2D eigenvalue weighted by Crippen LogP contribution is 2.28. The van der Waals surface area contributed by atoms with Crippen molar-refractivity contribution in [3.8, 4) is 0 Å². The van der Waals surface area contributed by atoms with Crippen LogP contribution in [0.4, 0.5) is 15.8 Å². The summed E-state index contributed by atoms with van der Waals surface area (Å²) < 4.78 is 19.0. The molecule has 0 aromatic carbocycles. The van der Waals surface area contributed by atoms with E-state index in [2.05, 4.69) is 35.9 Å². The molecule has 1 aromatic rings. The van der Waals surface area contributed by atoms with E-state index in [-0.39, 0.29) is 13.1 Å². The molecule has 0 aliphatic carbocycles. The normalized spacial score (nSPS) is 27.0. The first-order valence-electron chi connectivity index (χ1n) is 11.6. The summed E-state index contributed by atoms with van der Waals surface area (Å²) in [6.45, 7) is 5.30. The van der Waals surface area contributed by atoms with Gasteiger partial charge in [0, 0.05) is 64.7 Å². The molecule has 0 radical (unpaired) electrons. The second kappa shape index (κ2) is 11.3. The molecule has 1 aromatic heterocycles. The molecule has 0 saturated carbocycles. The van der Waals surface area contributed by atoms with E-state index >= 15 is 0 Å². The fraction of sp³-hybridized carbons (Fsp3) is 0.714. The molecule has 11 nitrogen and oxygen atoms in total. The second-order valence-electron chi connectivity index (χ2n) is 8.76. The van der Waals surface area contributed by atoms with Gasteiger partial charge in [-0.25, -0.2) is 4.39 Å². The first kappa shape index (κ1) is 23.9. The zero-order valence-corrected chi connectivity index (χ0v) is 18.7. The van der Waals surface area contributed by atoms with E-state index in [9.17, 15) is 14.1 Å². The van der Waals surface area contributed by atoms with Crippen molar-refractivity contribution in [1.82, 2.24) is 20.5 Å². The zero-order chi connectivity index (χ0) is 23.2. The zero-order valence-electron chi connectivity index (χ0n) is 18.7. The molecular weight excluding hydrogens is 431 g/mol. The number of anilines is 2. The fourth-order valence-corrected chi connectivity index (χ4v) is 4.83. The van der Waals surface area contributed by atoms with Crippen molar-refractivity contribution in [2.24, 2.45) is 16.8 Å². The number of ether oxygens (including phenoxy) is 1. The lowest BCUT2D eigenvalue weighted by atomic mass is 9.99. The third kappa shape index (κ3) is 5.82. The van der Waals surface area contributed by atoms with E-state index in [1.807, 2.05) is 6.07 Å². The van der Waals surface area contributed by atoms with Gasteiger partial charge in [0.25, 0.3) is 0 Å². The van der Waals surface area contributed by atoms with E-state index < -0.39 is 30.3 Å². The van der Waals surface area contributed by atoms with Gasteiger partial charge in [-0.05, 0) is 18.9 Å². The van der Waals surface area contributed by atoms with Gasteiger partial charge in [-0.15, -0.1) is 4.91 Å². The Morgan fingerprint density at radius 1 is 1.24 bits per heavy atom. The maximum absolute atomic E-state index is 13.5. The summed E-state index contributed by atoms with van der Waals surface area (Å²) in [5.41, 5.74) is 7.26.